The third-order valence-corrected chi connectivity index (χ3v) is 3.51. The van der Waals surface area contributed by atoms with Gasteiger partial charge >= 0.3 is 0 Å². The van der Waals surface area contributed by atoms with Crippen LogP contribution in [0.25, 0.3) is 5.65 Å². The van der Waals surface area contributed by atoms with Crippen molar-refractivity contribution < 1.29 is 4.79 Å². The van der Waals surface area contributed by atoms with Crippen molar-refractivity contribution in [2.24, 2.45) is 5.73 Å². The second kappa shape index (κ2) is 5.92. The van der Waals surface area contributed by atoms with Gasteiger partial charge in [-0.15, -0.1) is 0 Å². The molecule has 23 heavy (non-hydrogen) atoms. The van der Waals surface area contributed by atoms with Crippen LogP contribution in [0.2, 0.25) is 0 Å². The number of hydrogen-bond acceptors (Lipinski definition) is 4. The normalized spacial score (nSPS) is 10.7. The number of aromatic nitrogens is 2. The minimum absolute atomic E-state index is 0.140. The minimum Gasteiger partial charge on any atom is -0.379 e. The van der Waals surface area contributed by atoms with Crippen LogP contribution >= 0.6 is 0 Å². The second-order valence-corrected chi connectivity index (χ2v) is 5.28. The molecule has 0 unspecified atom stereocenters. The van der Waals surface area contributed by atoms with Crippen molar-refractivity contribution in [1.82, 2.24) is 9.38 Å². The van der Waals surface area contributed by atoms with Crippen LogP contribution in [0.4, 0.5) is 5.69 Å². The van der Waals surface area contributed by atoms with Gasteiger partial charge in [0.2, 0.25) is 0 Å². The number of nitrogens with two attached hydrogens (primary N) is 1. The summed E-state index contributed by atoms with van der Waals surface area (Å²) in [5.74, 6) is -0.505. The molecule has 1 aromatic carbocycles. The maximum Gasteiger partial charge on any atom is 0.258 e. The van der Waals surface area contributed by atoms with Gasteiger partial charge in [-0.05, 0) is 30.7 Å². The number of para-hydroxylation sites is 1. The molecule has 0 saturated carbocycles. The van der Waals surface area contributed by atoms with Gasteiger partial charge in [-0.1, -0.05) is 18.2 Å². The molecule has 0 spiro atoms. The summed E-state index contributed by atoms with van der Waals surface area (Å²) < 4.78 is 1.51. The third-order valence-electron chi connectivity index (χ3n) is 3.51. The Kier molecular flexibility index (Phi) is 3.80. The topological polar surface area (TPSA) is 89.5 Å². The van der Waals surface area contributed by atoms with E-state index in [9.17, 15) is 9.59 Å². The first-order chi connectivity index (χ1) is 11.0. The lowest BCUT2D eigenvalue weighted by molar-refractivity contribution is 0.100. The van der Waals surface area contributed by atoms with Crippen LogP contribution in [-0.2, 0) is 6.54 Å². The lowest BCUT2D eigenvalue weighted by Gasteiger charge is -2.10. The lowest BCUT2D eigenvalue weighted by atomic mass is 10.1. The average molecular weight is 308 g/mol. The summed E-state index contributed by atoms with van der Waals surface area (Å²) in [6.45, 7) is 2.24. The van der Waals surface area contributed by atoms with Crippen LogP contribution in [0, 0.1) is 6.92 Å². The van der Waals surface area contributed by atoms with Gasteiger partial charge < -0.3 is 11.1 Å². The molecule has 0 fully saturated rings. The largest absolute Gasteiger partial charge is 0.379 e. The summed E-state index contributed by atoms with van der Waals surface area (Å²) in [5, 5.41) is 3.10. The zero-order valence-electron chi connectivity index (χ0n) is 12.6. The van der Waals surface area contributed by atoms with E-state index in [2.05, 4.69) is 10.3 Å². The summed E-state index contributed by atoms with van der Waals surface area (Å²) in [6, 6.07) is 12.1. The van der Waals surface area contributed by atoms with Crippen molar-refractivity contribution in [3.05, 3.63) is 75.8 Å². The first kappa shape index (κ1) is 14.8. The monoisotopic (exact) mass is 308 g/mol. The number of carbonyl (C=O) groups excluding carboxylic acids is 1. The average Bonchev–Trinajstić information content (AvgIpc) is 2.54. The number of benzene rings is 1. The number of pyridine rings is 1. The Labute approximate surface area is 132 Å². The smallest absolute Gasteiger partial charge is 0.258 e. The fourth-order valence-electron chi connectivity index (χ4n) is 2.39. The number of rotatable bonds is 4. The summed E-state index contributed by atoms with van der Waals surface area (Å²) in [7, 11) is 0. The highest BCUT2D eigenvalue weighted by Crippen LogP contribution is 2.15. The number of primary amides is 1. The van der Waals surface area contributed by atoms with Crippen LogP contribution in [-0.4, -0.2) is 15.3 Å². The summed E-state index contributed by atoms with van der Waals surface area (Å²) in [5.41, 5.74) is 8.40. The Morgan fingerprint density at radius 1 is 1.26 bits per heavy atom. The standard InChI is InChI=1S/C17H16N4O2/c1-11-6-7-15-20-12(8-16(22)21(15)10-11)9-19-14-5-3-2-4-13(14)17(18)23/h2-8,10,19H,9H2,1H3,(H2,18,23). The Morgan fingerprint density at radius 3 is 2.83 bits per heavy atom. The van der Waals surface area contributed by atoms with Gasteiger partial charge in [0.05, 0.1) is 17.8 Å². The molecule has 2 aromatic heterocycles. The maximum absolute atomic E-state index is 12.2. The molecule has 3 aromatic rings. The number of nitrogens with one attached hydrogen (secondary N) is 1. The first-order valence-corrected chi connectivity index (χ1v) is 7.16. The number of nitrogens with zero attached hydrogens (tertiary/aromatic N) is 2. The number of carbonyl (C=O) groups is 1. The molecule has 0 radical (unpaired) electrons. The predicted molar refractivity (Wildman–Crippen MR) is 88.5 cm³/mol. The number of amides is 1. The van der Waals surface area contributed by atoms with Crippen molar-refractivity contribution in [3.8, 4) is 0 Å². The molecular weight excluding hydrogens is 292 g/mol. The van der Waals surface area contributed by atoms with E-state index in [0.717, 1.165) is 5.56 Å². The van der Waals surface area contributed by atoms with E-state index in [1.54, 1.807) is 36.5 Å². The zero-order valence-corrected chi connectivity index (χ0v) is 12.6. The molecule has 0 atom stereocenters. The van der Waals surface area contributed by atoms with Gasteiger partial charge in [0, 0.05) is 18.0 Å². The van der Waals surface area contributed by atoms with E-state index in [4.69, 9.17) is 5.73 Å². The molecule has 1 amide bonds. The van der Waals surface area contributed by atoms with Gasteiger partial charge in [-0.25, -0.2) is 4.98 Å². The van der Waals surface area contributed by atoms with Crippen LogP contribution < -0.4 is 16.6 Å². The molecule has 2 heterocycles. The highest BCUT2D eigenvalue weighted by molar-refractivity contribution is 5.98. The Bertz CT molecular complexity index is 947. The molecule has 3 N–H and O–H groups in total. The van der Waals surface area contributed by atoms with E-state index < -0.39 is 5.91 Å². The molecule has 0 aliphatic carbocycles. The van der Waals surface area contributed by atoms with E-state index in [1.807, 2.05) is 13.0 Å². The first-order valence-electron chi connectivity index (χ1n) is 7.16. The van der Waals surface area contributed by atoms with Crippen molar-refractivity contribution in [2.75, 3.05) is 5.32 Å². The fraction of sp³-hybridized carbons (Fsp3) is 0.118. The van der Waals surface area contributed by atoms with E-state index in [1.165, 1.54) is 10.5 Å². The number of hydrogen-bond donors (Lipinski definition) is 2. The molecule has 0 saturated heterocycles. The van der Waals surface area contributed by atoms with Crippen molar-refractivity contribution >= 4 is 17.2 Å². The molecule has 6 nitrogen and oxygen atoms in total. The fourth-order valence-corrected chi connectivity index (χ4v) is 2.39. The highest BCUT2D eigenvalue weighted by Gasteiger charge is 2.08. The van der Waals surface area contributed by atoms with Crippen LogP contribution in [0.1, 0.15) is 21.6 Å². The van der Waals surface area contributed by atoms with Crippen molar-refractivity contribution in [1.29, 1.82) is 0 Å². The Hall–Kier alpha value is -3.15. The molecule has 0 aliphatic rings. The maximum atomic E-state index is 12.2. The van der Waals surface area contributed by atoms with Crippen LogP contribution in [0.3, 0.4) is 0 Å². The van der Waals surface area contributed by atoms with Gasteiger partial charge in [0.25, 0.3) is 11.5 Å². The van der Waals surface area contributed by atoms with Gasteiger partial charge in [-0.2, -0.15) is 0 Å². The summed E-state index contributed by atoms with van der Waals surface area (Å²) in [4.78, 5) is 28.0. The van der Waals surface area contributed by atoms with Gasteiger partial charge in [0.1, 0.15) is 5.65 Å². The second-order valence-electron chi connectivity index (χ2n) is 5.28. The van der Waals surface area contributed by atoms with E-state index in [0.29, 0.717) is 29.1 Å². The Balaban J connectivity index is 1.90. The molecule has 3 rings (SSSR count). The van der Waals surface area contributed by atoms with Crippen molar-refractivity contribution in [2.45, 2.75) is 13.5 Å². The summed E-state index contributed by atoms with van der Waals surface area (Å²) >= 11 is 0. The quantitative estimate of drug-likeness (QED) is 0.768. The molecular formula is C17H16N4O2. The van der Waals surface area contributed by atoms with Crippen molar-refractivity contribution in [3.63, 3.8) is 0 Å². The highest BCUT2D eigenvalue weighted by atomic mass is 16.1. The van der Waals surface area contributed by atoms with Gasteiger partial charge in [0.15, 0.2) is 0 Å². The van der Waals surface area contributed by atoms with E-state index >= 15 is 0 Å². The third kappa shape index (κ3) is 3.06. The van der Waals surface area contributed by atoms with Crippen LogP contribution in [0.5, 0.6) is 0 Å². The molecule has 116 valence electrons. The van der Waals surface area contributed by atoms with E-state index in [-0.39, 0.29) is 5.56 Å². The zero-order chi connectivity index (χ0) is 16.4. The molecule has 0 bridgehead atoms. The predicted octanol–water partition coefficient (Wildman–Crippen LogP) is 1.71. The molecule has 6 heteroatoms. The SMILES string of the molecule is Cc1ccc2nc(CNc3ccccc3C(N)=O)cc(=O)n2c1. The molecule has 0 aliphatic heterocycles. The minimum atomic E-state index is -0.505. The lowest BCUT2D eigenvalue weighted by Crippen LogP contribution is -2.18. The number of anilines is 1. The Morgan fingerprint density at radius 2 is 2.04 bits per heavy atom. The number of fused-ring (bicyclic) bond motifs is 1. The van der Waals surface area contributed by atoms with Crippen LogP contribution in [0.15, 0.2) is 53.5 Å². The number of aryl methyl sites for hydroxylation is 1. The van der Waals surface area contributed by atoms with Gasteiger partial charge in [-0.3, -0.25) is 14.0 Å². The summed E-state index contributed by atoms with van der Waals surface area (Å²) in [6.07, 6.45) is 1.75.